The number of hydrogen-bond acceptors (Lipinski definition) is 5. The Balaban J connectivity index is 0.00000109. The number of hydrogen-bond donors (Lipinski definition) is 2. The smallest absolute Gasteiger partial charge is 0.490 e. The van der Waals surface area contributed by atoms with E-state index in [4.69, 9.17) is 4.74 Å². The van der Waals surface area contributed by atoms with Crippen LogP contribution in [0.2, 0.25) is 0 Å². The number of rotatable bonds is 6. The molecule has 0 spiro atoms. The molecule has 1 aliphatic carbocycles. The van der Waals surface area contributed by atoms with Crippen LogP contribution < -0.4 is 10.1 Å². The second kappa shape index (κ2) is 13.7. The van der Waals surface area contributed by atoms with E-state index < -0.39 is 53.7 Å². The van der Waals surface area contributed by atoms with Crippen LogP contribution in [0.1, 0.15) is 54.2 Å². The monoisotopic (exact) mass is 849 g/mol. The minimum atomic E-state index is -5.29. The molecule has 3 unspecified atom stereocenters. The molecule has 0 radical (unpaired) electrons. The number of carbonyl (C=O) groups is 1. The number of aromatic nitrogens is 2. The first-order valence-electron chi connectivity index (χ1n) is 14.0. The number of fused-ring (bicyclic) bond motifs is 2. The maximum atomic E-state index is 14.6. The van der Waals surface area contributed by atoms with Crippen molar-refractivity contribution >= 4 is 16.8 Å². The molecule has 6 nitrogen and oxygen atoms in total. The van der Waals surface area contributed by atoms with Crippen LogP contribution in [0, 0.1) is 54.8 Å². The van der Waals surface area contributed by atoms with Crippen molar-refractivity contribution in [2.75, 3.05) is 19.8 Å². The number of aliphatic hydroxyl groups is 1. The van der Waals surface area contributed by atoms with Crippen molar-refractivity contribution in [3.05, 3.63) is 95.9 Å². The summed E-state index contributed by atoms with van der Waals surface area (Å²) in [6.45, 7) is 1.10. The van der Waals surface area contributed by atoms with E-state index in [1.165, 1.54) is 43.3 Å². The topological polar surface area (TPSA) is 84.3 Å². The molecule has 3 atom stereocenters. The maximum Gasteiger partial charge on any atom is 2.00 e. The fourth-order valence-corrected chi connectivity index (χ4v) is 4.72. The van der Waals surface area contributed by atoms with E-state index in [1.54, 1.807) is 26.0 Å². The summed E-state index contributed by atoms with van der Waals surface area (Å²) in [4.78, 5) is 21.1. The van der Waals surface area contributed by atoms with Crippen molar-refractivity contribution in [1.29, 1.82) is 0 Å². The Labute approximate surface area is 281 Å². The van der Waals surface area contributed by atoms with E-state index in [2.05, 4.69) is 27.8 Å². The van der Waals surface area contributed by atoms with Crippen LogP contribution >= 0.6 is 0 Å². The standard InChI is InChI=1S/C30H25F5N3O3.C3H5.U/c1-17-22-13-24(38-25(18-5-8-21(32)9-6-18)26(22)41-16-28(17,2)14-31)29(40,30(33,34)35)15-37-27(39)20-7-10-23-19(12-20)4-3-11-36-23;1-2-3-1;/h3-9,11-13,17,40H,14-16H2,1-2H3,(H,37,39);1H,2-3H2;/q2*-1;+2. The fraction of sp³-hybridized carbons (Fsp3) is 0.333. The second-order valence-corrected chi connectivity index (χ2v) is 11.3. The summed E-state index contributed by atoms with van der Waals surface area (Å²) >= 11 is 0. The van der Waals surface area contributed by atoms with E-state index in [-0.39, 0.29) is 65.9 Å². The number of benzene rings is 2. The molecule has 0 bridgehead atoms. The van der Waals surface area contributed by atoms with Crippen molar-refractivity contribution < 1.29 is 67.7 Å². The van der Waals surface area contributed by atoms with E-state index in [9.17, 15) is 31.9 Å². The van der Waals surface area contributed by atoms with Gasteiger partial charge in [-0.15, -0.1) is 11.5 Å². The quantitative estimate of drug-likeness (QED) is 0.164. The van der Waals surface area contributed by atoms with Crippen LogP contribution in [-0.4, -0.2) is 47.0 Å². The van der Waals surface area contributed by atoms with Gasteiger partial charge in [0.15, 0.2) is 5.91 Å². The molecule has 1 fully saturated rings. The minimum absolute atomic E-state index is 0. The third kappa shape index (κ3) is 7.34. The number of amides is 1. The second-order valence-electron chi connectivity index (χ2n) is 11.3. The van der Waals surface area contributed by atoms with Crippen molar-refractivity contribution in [3.63, 3.8) is 0 Å². The number of nitrogens with zero attached hydrogens (tertiary/aromatic N) is 2. The van der Waals surface area contributed by atoms with Gasteiger partial charge in [0, 0.05) is 22.7 Å². The zero-order valence-corrected chi connectivity index (χ0v) is 28.7. The molecular weight excluding hydrogens is 819 g/mol. The van der Waals surface area contributed by atoms with Crippen LogP contribution in [0.5, 0.6) is 5.75 Å². The first-order chi connectivity index (χ1) is 20.9. The molecule has 1 aliphatic heterocycles. The van der Waals surface area contributed by atoms with Gasteiger partial charge in [0.05, 0.1) is 25.5 Å². The van der Waals surface area contributed by atoms with Gasteiger partial charge in [-0.1, -0.05) is 25.5 Å². The number of nitrogens with one attached hydrogen (secondary N) is 1. The normalized spacial score (nSPS) is 20.0. The number of ether oxygens (including phenoxy) is 1. The first kappa shape index (κ1) is 34.8. The van der Waals surface area contributed by atoms with Gasteiger partial charge < -0.3 is 21.6 Å². The number of pyridine rings is 2. The molecule has 2 aromatic heterocycles. The summed E-state index contributed by atoms with van der Waals surface area (Å²) in [7, 11) is 0. The molecule has 0 saturated heterocycles. The van der Waals surface area contributed by atoms with Crippen LogP contribution in [0.15, 0.2) is 60.8 Å². The van der Waals surface area contributed by atoms with Gasteiger partial charge in [0.1, 0.15) is 17.3 Å². The van der Waals surface area contributed by atoms with Gasteiger partial charge in [-0.2, -0.15) is 31.4 Å². The molecule has 234 valence electrons. The Hall–Kier alpha value is -3.07. The number of halogens is 5. The largest absolute Gasteiger partial charge is 2.00 e. The summed E-state index contributed by atoms with van der Waals surface area (Å²) in [5, 5.41) is 13.9. The van der Waals surface area contributed by atoms with Crippen molar-refractivity contribution in [2.45, 2.75) is 44.4 Å². The molecule has 1 saturated carbocycles. The van der Waals surface area contributed by atoms with Crippen molar-refractivity contribution in [1.82, 2.24) is 15.3 Å². The summed E-state index contributed by atoms with van der Waals surface area (Å²) in [6, 6.07) is 14.7. The Bertz CT molecular complexity index is 1670. The molecule has 2 N–H and O–H groups in total. The molecule has 6 rings (SSSR count). The zero-order chi connectivity index (χ0) is 31.7. The molecular formula is C33H30F5N3O3U. The summed E-state index contributed by atoms with van der Waals surface area (Å²) in [5.41, 5.74) is -4.68. The van der Waals surface area contributed by atoms with Crippen LogP contribution in [0.25, 0.3) is 22.2 Å². The Morgan fingerprint density at radius 2 is 1.89 bits per heavy atom. The SMILES string of the molecule is CC1c2cc(C(O)(CNC(=O)c3c[c-]c4ncccc4c3)C(F)(F)F)nc(-c3ccc(F)cc3)c2OCC1(C)CF.[CH-]1CC1.[U+2]. The van der Waals surface area contributed by atoms with Gasteiger partial charge in [0.2, 0.25) is 5.60 Å². The average Bonchev–Trinajstić information content (AvgIpc) is 3.91. The summed E-state index contributed by atoms with van der Waals surface area (Å²) < 4.78 is 77.3. The summed E-state index contributed by atoms with van der Waals surface area (Å²) in [5.74, 6) is -1.97. The Morgan fingerprint density at radius 1 is 1.20 bits per heavy atom. The first-order valence-corrected chi connectivity index (χ1v) is 14.0. The number of carbonyl (C=O) groups excluding carboxylic acids is 1. The minimum Gasteiger partial charge on any atom is -0.490 e. The Kier molecular flexibility index (Phi) is 10.6. The van der Waals surface area contributed by atoms with E-state index in [0.29, 0.717) is 10.9 Å². The van der Waals surface area contributed by atoms with E-state index in [1.807, 2.05) is 0 Å². The molecule has 2 aliphatic rings. The van der Waals surface area contributed by atoms with Gasteiger partial charge in [-0.3, -0.25) is 14.2 Å². The van der Waals surface area contributed by atoms with Gasteiger partial charge in [0.25, 0.3) is 0 Å². The average molecular weight is 850 g/mol. The van der Waals surface area contributed by atoms with Gasteiger partial charge in [-0.05, 0) is 41.8 Å². The van der Waals surface area contributed by atoms with Crippen LogP contribution in [0.3, 0.4) is 0 Å². The van der Waals surface area contributed by atoms with Gasteiger partial charge in [-0.25, -0.2) is 22.2 Å². The molecule has 4 aromatic rings. The molecule has 3 heterocycles. The Morgan fingerprint density at radius 3 is 2.51 bits per heavy atom. The van der Waals surface area contributed by atoms with Crippen molar-refractivity contribution in [2.24, 2.45) is 5.41 Å². The summed E-state index contributed by atoms with van der Waals surface area (Å²) in [6.07, 6.45) is 1.25. The predicted molar refractivity (Wildman–Crippen MR) is 154 cm³/mol. The number of alkyl halides is 4. The van der Waals surface area contributed by atoms with Crippen LogP contribution in [0.4, 0.5) is 22.0 Å². The van der Waals surface area contributed by atoms with Crippen molar-refractivity contribution in [3.8, 4) is 17.0 Å². The van der Waals surface area contributed by atoms with Crippen LogP contribution in [-0.2, 0) is 5.60 Å². The molecule has 1 amide bonds. The predicted octanol–water partition coefficient (Wildman–Crippen LogP) is 6.87. The third-order valence-corrected chi connectivity index (χ3v) is 7.95. The van der Waals surface area contributed by atoms with Gasteiger partial charge >= 0.3 is 37.3 Å². The zero-order valence-electron chi connectivity index (χ0n) is 24.5. The maximum absolute atomic E-state index is 14.6. The fourth-order valence-electron chi connectivity index (χ4n) is 4.72. The van der Waals surface area contributed by atoms with E-state index in [0.717, 1.165) is 18.2 Å². The van der Waals surface area contributed by atoms with E-state index >= 15 is 0 Å². The molecule has 12 heteroatoms. The molecule has 2 aromatic carbocycles. The molecule has 45 heavy (non-hydrogen) atoms. The third-order valence-electron chi connectivity index (χ3n) is 7.95.